The molecular weight excluding hydrogens is 244 g/mol. The molecule has 0 aromatic heterocycles. The van der Waals surface area contributed by atoms with Gasteiger partial charge in [0.15, 0.2) is 0 Å². The van der Waals surface area contributed by atoms with Gasteiger partial charge in [0.1, 0.15) is 12.4 Å². The topological polar surface area (TPSA) is 44.8 Å². The zero-order valence-corrected chi connectivity index (χ0v) is 11.0. The predicted molar refractivity (Wildman–Crippen MR) is 70.9 cm³/mol. The Labute approximate surface area is 113 Å². The van der Waals surface area contributed by atoms with Crippen LogP contribution in [-0.4, -0.2) is 31.9 Å². The zero-order chi connectivity index (χ0) is 13.7. The first kappa shape index (κ1) is 13.6. The standard InChI is InChI=1S/C15H18O4/c1-3-14-13(15(16)17-2)9-12(19-14)10-18-11-7-5-4-6-8-11/h3-8,12-14H,1,9-10H2,2H3/t12-,13-,14-/m0/s1. The fourth-order valence-electron chi connectivity index (χ4n) is 2.20. The molecule has 1 aliphatic heterocycles. The lowest BCUT2D eigenvalue weighted by molar-refractivity contribution is -0.146. The van der Waals surface area contributed by atoms with Crippen LogP contribution in [0.4, 0.5) is 0 Å². The van der Waals surface area contributed by atoms with Crippen molar-refractivity contribution in [2.24, 2.45) is 5.92 Å². The molecule has 1 fully saturated rings. The lowest BCUT2D eigenvalue weighted by Crippen LogP contribution is -2.23. The Morgan fingerprint density at radius 1 is 1.47 bits per heavy atom. The summed E-state index contributed by atoms with van der Waals surface area (Å²) >= 11 is 0. The van der Waals surface area contributed by atoms with Gasteiger partial charge in [0, 0.05) is 0 Å². The van der Waals surface area contributed by atoms with Crippen LogP contribution in [0.3, 0.4) is 0 Å². The summed E-state index contributed by atoms with van der Waals surface area (Å²) in [5.74, 6) is 0.252. The van der Waals surface area contributed by atoms with E-state index in [0.29, 0.717) is 13.0 Å². The molecule has 102 valence electrons. The number of carbonyl (C=O) groups excluding carboxylic acids is 1. The monoisotopic (exact) mass is 262 g/mol. The van der Waals surface area contributed by atoms with Crippen molar-refractivity contribution in [1.82, 2.24) is 0 Å². The molecule has 1 aromatic carbocycles. The SMILES string of the molecule is C=C[C@@H]1O[C@H](COc2ccccc2)C[C@@H]1C(=O)OC. The van der Waals surface area contributed by atoms with Gasteiger partial charge in [0.25, 0.3) is 0 Å². The normalized spacial score (nSPS) is 25.8. The van der Waals surface area contributed by atoms with E-state index in [1.807, 2.05) is 30.3 Å². The molecule has 0 aliphatic carbocycles. The first-order chi connectivity index (χ1) is 9.24. The Hall–Kier alpha value is -1.81. The van der Waals surface area contributed by atoms with Crippen LogP contribution in [0.25, 0.3) is 0 Å². The summed E-state index contributed by atoms with van der Waals surface area (Å²) in [7, 11) is 1.39. The van der Waals surface area contributed by atoms with E-state index in [9.17, 15) is 4.79 Å². The van der Waals surface area contributed by atoms with Crippen LogP contribution < -0.4 is 4.74 Å². The molecule has 0 unspecified atom stereocenters. The second-order valence-electron chi connectivity index (χ2n) is 4.45. The van der Waals surface area contributed by atoms with Crippen LogP contribution in [-0.2, 0) is 14.3 Å². The van der Waals surface area contributed by atoms with Crippen molar-refractivity contribution >= 4 is 5.97 Å². The molecule has 2 rings (SSSR count). The molecule has 4 heteroatoms. The number of rotatable bonds is 5. The summed E-state index contributed by atoms with van der Waals surface area (Å²) in [5, 5.41) is 0. The number of hydrogen-bond acceptors (Lipinski definition) is 4. The summed E-state index contributed by atoms with van der Waals surface area (Å²) < 4.78 is 16.1. The Balaban J connectivity index is 1.89. The van der Waals surface area contributed by atoms with E-state index < -0.39 is 0 Å². The van der Waals surface area contributed by atoms with E-state index in [4.69, 9.17) is 14.2 Å². The van der Waals surface area contributed by atoms with Crippen molar-refractivity contribution in [2.45, 2.75) is 18.6 Å². The van der Waals surface area contributed by atoms with Crippen LogP contribution in [0.5, 0.6) is 5.75 Å². The highest BCUT2D eigenvalue weighted by molar-refractivity contribution is 5.73. The number of methoxy groups -OCH3 is 1. The van der Waals surface area contributed by atoms with E-state index in [1.54, 1.807) is 6.08 Å². The maximum Gasteiger partial charge on any atom is 0.311 e. The smallest absolute Gasteiger partial charge is 0.311 e. The fraction of sp³-hybridized carbons (Fsp3) is 0.400. The number of ether oxygens (including phenoxy) is 3. The van der Waals surface area contributed by atoms with Crippen LogP contribution in [0, 0.1) is 5.92 Å². The summed E-state index contributed by atoms with van der Waals surface area (Å²) in [6.45, 7) is 4.11. The van der Waals surface area contributed by atoms with E-state index >= 15 is 0 Å². The molecule has 19 heavy (non-hydrogen) atoms. The summed E-state index contributed by atoms with van der Waals surface area (Å²) in [6, 6.07) is 9.53. The Bertz CT molecular complexity index is 429. The first-order valence-corrected chi connectivity index (χ1v) is 6.28. The minimum atomic E-state index is -0.295. The highest BCUT2D eigenvalue weighted by Gasteiger charge is 2.39. The second kappa shape index (κ2) is 6.38. The van der Waals surface area contributed by atoms with Gasteiger partial charge in [-0.25, -0.2) is 0 Å². The molecule has 0 spiro atoms. The molecule has 4 nitrogen and oxygen atoms in total. The Morgan fingerprint density at radius 3 is 2.84 bits per heavy atom. The van der Waals surface area contributed by atoms with Crippen LogP contribution >= 0.6 is 0 Å². The van der Waals surface area contributed by atoms with Gasteiger partial charge < -0.3 is 14.2 Å². The van der Waals surface area contributed by atoms with Gasteiger partial charge in [-0.3, -0.25) is 4.79 Å². The van der Waals surface area contributed by atoms with Crippen molar-refractivity contribution in [2.75, 3.05) is 13.7 Å². The maximum absolute atomic E-state index is 11.6. The summed E-state index contributed by atoms with van der Waals surface area (Å²) in [4.78, 5) is 11.6. The average Bonchev–Trinajstić information content (AvgIpc) is 2.88. The molecule has 1 aliphatic rings. The third-order valence-corrected chi connectivity index (χ3v) is 3.18. The lowest BCUT2D eigenvalue weighted by Gasteiger charge is -2.12. The van der Waals surface area contributed by atoms with Crippen molar-refractivity contribution in [1.29, 1.82) is 0 Å². The lowest BCUT2D eigenvalue weighted by atomic mass is 10.00. The zero-order valence-electron chi connectivity index (χ0n) is 11.0. The third kappa shape index (κ3) is 3.35. The van der Waals surface area contributed by atoms with Crippen molar-refractivity contribution in [3.63, 3.8) is 0 Å². The van der Waals surface area contributed by atoms with E-state index in [-0.39, 0.29) is 24.1 Å². The highest BCUT2D eigenvalue weighted by Crippen LogP contribution is 2.28. The molecule has 1 saturated heterocycles. The highest BCUT2D eigenvalue weighted by atomic mass is 16.6. The Morgan fingerprint density at radius 2 is 2.21 bits per heavy atom. The first-order valence-electron chi connectivity index (χ1n) is 6.28. The molecule has 0 amide bonds. The van der Waals surface area contributed by atoms with E-state index in [1.165, 1.54) is 7.11 Å². The minimum absolute atomic E-state index is 0.118. The summed E-state index contributed by atoms with van der Waals surface area (Å²) in [6.07, 6.45) is 1.82. The predicted octanol–water partition coefficient (Wildman–Crippen LogP) is 2.20. The van der Waals surface area contributed by atoms with Crippen molar-refractivity contribution in [3.05, 3.63) is 43.0 Å². The van der Waals surface area contributed by atoms with Gasteiger partial charge in [-0.1, -0.05) is 24.3 Å². The number of carbonyl (C=O) groups is 1. The average molecular weight is 262 g/mol. The van der Waals surface area contributed by atoms with Gasteiger partial charge in [-0.15, -0.1) is 6.58 Å². The molecular formula is C15H18O4. The number of para-hydroxylation sites is 1. The molecule has 1 aromatic rings. The van der Waals surface area contributed by atoms with E-state index in [2.05, 4.69) is 6.58 Å². The third-order valence-electron chi connectivity index (χ3n) is 3.18. The van der Waals surface area contributed by atoms with Gasteiger partial charge in [-0.2, -0.15) is 0 Å². The molecule has 0 N–H and O–H groups in total. The largest absolute Gasteiger partial charge is 0.491 e. The van der Waals surface area contributed by atoms with Crippen molar-refractivity contribution in [3.8, 4) is 5.75 Å². The number of benzene rings is 1. The maximum atomic E-state index is 11.6. The van der Waals surface area contributed by atoms with Gasteiger partial charge >= 0.3 is 5.97 Å². The minimum Gasteiger partial charge on any atom is -0.491 e. The van der Waals surface area contributed by atoms with E-state index in [0.717, 1.165) is 5.75 Å². The van der Waals surface area contributed by atoms with Gasteiger partial charge in [-0.05, 0) is 18.6 Å². The number of esters is 1. The molecule has 0 saturated carbocycles. The van der Waals surface area contributed by atoms with Crippen LogP contribution in [0.15, 0.2) is 43.0 Å². The summed E-state index contributed by atoms with van der Waals surface area (Å²) in [5.41, 5.74) is 0. The number of hydrogen-bond donors (Lipinski definition) is 0. The quantitative estimate of drug-likeness (QED) is 0.603. The Kier molecular flexibility index (Phi) is 4.58. The molecule has 0 bridgehead atoms. The van der Waals surface area contributed by atoms with Crippen molar-refractivity contribution < 1.29 is 19.0 Å². The van der Waals surface area contributed by atoms with Crippen LogP contribution in [0.1, 0.15) is 6.42 Å². The molecule has 1 heterocycles. The molecule has 0 radical (unpaired) electrons. The fourth-order valence-corrected chi connectivity index (χ4v) is 2.20. The van der Waals surface area contributed by atoms with Gasteiger partial charge in [0.05, 0.1) is 25.2 Å². The van der Waals surface area contributed by atoms with Crippen LogP contribution in [0.2, 0.25) is 0 Å². The second-order valence-corrected chi connectivity index (χ2v) is 4.45. The molecule has 3 atom stereocenters. The van der Waals surface area contributed by atoms with Gasteiger partial charge in [0.2, 0.25) is 0 Å².